The molecule has 1 aliphatic heterocycles. The van der Waals surface area contributed by atoms with E-state index in [1.165, 1.54) is 5.56 Å². The Morgan fingerprint density at radius 1 is 1.27 bits per heavy atom. The molecule has 0 atom stereocenters. The van der Waals surface area contributed by atoms with Crippen LogP contribution in [0.25, 0.3) is 6.08 Å². The first-order chi connectivity index (χ1) is 12.2. The van der Waals surface area contributed by atoms with Crippen molar-refractivity contribution < 1.29 is 12.9 Å². The summed E-state index contributed by atoms with van der Waals surface area (Å²) in [6.45, 7) is 9.45. The number of allylic oxidation sites excluding steroid dienone is 1. The zero-order chi connectivity index (χ0) is 18.9. The van der Waals surface area contributed by atoms with Crippen LogP contribution in [0.4, 0.5) is 5.82 Å². The molecule has 0 saturated carbocycles. The normalized spacial score (nSPS) is 15.2. The van der Waals surface area contributed by atoms with Crippen molar-refractivity contribution in [3.8, 4) is 0 Å². The molecule has 2 N–H and O–H groups in total. The minimum atomic E-state index is -3.75. The second-order valence-electron chi connectivity index (χ2n) is 7.49. The molecule has 6 nitrogen and oxygen atoms in total. The van der Waals surface area contributed by atoms with Gasteiger partial charge in [0.1, 0.15) is 0 Å². The lowest BCUT2D eigenvalue weighted by Gasteiger charge is -2.18. The molecule has 0 bridgehead atoms. The molecule has 1 aromatic heterocycles. The van der Waals surface area contributed by atoms with Crippen LogP contribution in [0.3, 0.4) is 0 Å². The Morgan fingerprint density at radius 3 is 2.73 bits per heavy atom. The highest BCUT2D eigenvalue weighted by atomic mass is 32.2. The van der Waals surface area contributed by atoms with Crippen molar-refractivity contribution in [3.63, 3.8) is 0 Å². The first kappa shape index (κ1) is 18.7. The summed E-state index contributed by atoms with van der Waals surface area (Å²) in [4.78, 5) is 0.228. The van der Waals surface area contributed by atoms with Crippen LogP contribution in [0.15, 0.2) is 33.7 Å². The van der Waals surface area contributed by atoms with Crippen LogP contribution < -0.4 is 10.0 Å². The predicted octanol–water partition coefficient (Wildman–Crippen LogP) is 3.45. The molecular formula is C19H25N3O3S. The lowest BCUT2D eigenvalue weighted by atomic mass is 9.90. The maximum Gasteiger partial charge on any atom is 0.263 e. The fourth-order valence-corrected chi connectivity index (χ4v) is 4.11. The van der Waals surface area contributed by atoms with Crippen LogP contribution in [0, 0.1) is 0 Å². The molecule has 0 spiro atoms. The first-order valence-electron chi connectivity index (χ1n) is 8.70. The van der Waals surface area contributed by atoms with Gasteiger partial charge >= 0.3 is 0 Å². The number of nitrogens with zero attached hydrogens (tertiary/aromatic N) is 1. The highest BCUT2D eigenvalue weighted by Gasteiger charge is 2.28. The number of anilines is 1. The molecule has 1 aliphatic rings. The number of nitrogens with one attached hydrogen (secondary N) is 2. The van der Waals surface area contributed by atoms with Gasteiger partial charge in [0.15, 0.2) is 11.6 Å². The molecule has 0 saturated heterocycles. The predicted molar refractivity (Wildman–Crippen MR) is 103 cm³/mol. The molecule has 0 amide bonds. The quantitative estimate of drug-likeness (QED) is 0.855. The third kappa shape index (κ3) is 3.68. The fourth-order valence-electron chi connectivity index (χ4n) is 3.04. The number of sulfonamides is 1. The van der Waals surface area contributed by atoms with E-state index in [0.29, 0.717) is 17.9 Å². The smallest absolute Gasteiger partial charge is 0.263 e. The first-order valence-corrected chi connectivity index (χ1v) is 10.2. The molecule has 2 aromatic rings. The van der Waals surface area contributed by atoms with Crippen molar-refractivity contribution in [2.45, 2.75) is 51.0 Å². The Hall–Kier alpha value is -2.12. The molecule has 3 rings (SSSR count). The van der Waals surface area contributed by atoms with Gasteiger partial charge in [0.05, 0.1) is 10.5 Å². The molecule has 1 aromatic carbocycles. The average Bonchev–Trinajstić information content (AvgIpc) is 2.97. The zero-order valence-corrected chi connectivity index (χ0v) is 16.4. The van der Waals surface area contributed by atoms with Crippen LogP contribution in [0.5, 0.6) is 0 Å². The second-order valence-corrected chi connectivity index (χ2v) is 9.17. The summed E-state index contributed by atoms with van der Waals surface area (Å²) in [6.07, 6.45) is 4.56. The monoisotopic (exact) mass is 375 g/mol. The lowest BCUT2D eigenvalue weighted by Crippen LogP contribution is -2.24. The summed E-state index contributed by atoms with van der Waals surface area (Å²) >= 11 is 0. The van der Waals surface area contributed by atoms with Gasteiger partial charge in [-0.3, -0.25) is 4.72 Å². The van der Waals surface area contributed by atoms with Crippen molar-refractivity contribution in [2.24, 2.45) is 0 Å². The van der Waals surface area contributed by atoms with Gasteiger partial charge in [-0.15, -0.1) is 0 Å². The van der Waals surface area contributed by atoms with Gasteiger partial charge in [-0.05, 0) is 43.1 Å². The highest BCUT2D eigenvalue weighted by Crippen LogP contribution is 2.32. The summed E-state index contributed by atoms with van der Waals surface area (Å²) in [6, 6.07) is 5.26. The molecule has 0 fully saturated rings. The Morgan fingerprint density at radius 2 is 2.04 bits per heavy atom. The summed E-state index contributed by atoms with van der Waals surface area (Å²) in [5.74, 6) is 0.854. The summed E-state index contributed by atoms with van der Waals surface area (Å²) in [5, 5.41) is 7.23. The Balaban J connectivity index is 1.97. The largest absolute Gasteiger partial charge is 0.358 e. The van der Waals surface area contributed by atoms with Crippen LogP contribution in [0.1, 0.15) is 50.1 Å². The van der Waals surface area contributed by atoms with Gasteiger partial charge < -0.3 is 9.84 Å². The van der Waals surface area contributed by atoms with Crippen molar-refractivity contribution >= 4 is 21.9 Å². The summed E-state index contributed by atoms with van der Waals surface area (Å²) in [5.41, 5.74) is 2.57. The molecule has 0 radical (unpaired) electrons. The zero-order valence-electron chi connectivity index (χ0n) is 15.6. The molecular weight excluding hydrogens is 350 g/mol. The number of hydrogen-bond donors (Lipinski definition) is 2. The van der Waals surface area contributed by atoms with Crippen molar-refractivity contribution in [2.75, 3.05) is 11.3 Å². The highest BCUT2D eigenvalue weighted by molar-refractivity contribution is 7.92. The molecule has 2 heterocycles. The lowest BCUT2D eigenvalue weighted by molar-refractivity contribution is 0.330. The minimum absolute atomic E-state index is 0.212. The standard InChI is InChI=1S/C19H25N3O3S/c1-5-6-16-17(19(2,3)4)25-21-18(16)22-26(23,24)15-8-7-13-9-10-20-12-14(13)11-15/h5-8,11,20H,9-10,12H2,1-4H3,(H,21,22)/b6-5+. The third-order valence-electron chi connectivity index (χ3n) is 4.35. The number of fused-ring (bicyclic) bond motifs is 1. The number of benzene rings is 1. The number of hydrogen-bond acceptors (Lipinski definition) is 5. The van der Waals surface area contributed by atoms with Gasteiger partial charge in [0, 0.05) is 12.0 Å². The SMILES string of the molecule is C/C=C/c1c(NS(=O)(=O)c2ccc3c(c2)CNCC3)noc1C(C)(C)C. The van der Waals surface area contributed by atoms with Crippen LogP contribution in [-0.4, -0.2) is 20.1 Å². The molecule has 0 aliphatic carbocycles. The molecule has 7 heteroatoms. The second kappa shape index (κ2) is 6.89. The molecule has 140 valence electrons. The van der Waals surface area contributed by atoms with E-state index in [-0.39, 0.29) is 16.1 Å². The molecule has 26 heavy (non-hydrogen) atoms. The third-order valence-corrected chi connectivity index (χ3v) is 5.68. The van der Waals surface area contributed by atoms with E-state index in [9.17, 15) is 8.42 Å². The summed E-state index contributed by atoms with van der Waals surface area (Å²) < 4.78 is 33.8. The van der Waals surface area contributed by atoms with Crippen LogP contribution >= 0.6 is 0 Å². The van der Waals surface area contributed by atoms with Crippen LogP contribution in [0.2, 0.25) is 0 Å². The van der Waals surface area contributed by atoms with Gasteiger partial charge in [0.2, 0.25) is 0 Å². The Bertz CT molecular complexity index is 937. The maximum absolute atomic E-state index is 12.9. The van der Waals surface area contributed by atoms with Crippen molar-refractivity contribution in [3.05, 3.63) is 46.7 Å². The molecule has 0 unspecified atom stereocenters. The van der Waals surface area contributed by atoms with Crippen molar-refractivity contribution in [1.82, 2.24) is 10.5 Å². The maximum atomic E-state index is 12.9. The van der Waals surface area contributed by atoms with Gasteiger partial charge in [-0.25, -0.2) is 8.42 Å². The van der Waals surface area contributed by atoms with Crippen LogP contribution in [-0.2, 0) is 28.4 Å². The summed E-state index contributed by atoms with van der Waals surface area (Å²) in [7, 11) is -3.75. The van der Waals surface area contributed by atoms with Gasteiger partial charge in [-0.1, -0.05) is 44.1 Å². The Kier molecular flexibility index (Phi) is 4.94. The van der Waals surface area contributed by atoms with E-state index in [4.69, 9.17) is 4.52 Å². The fraction of sp³-hybridized carbons (Fsp3) is 0.421. The van der Waals surface area contributed by atoms with E-state index >= 15 is 0 Å². The van der Waals surface area contributed by atoms with Crippen molar-refractivity contribution in [1.29, 1.82) is 0 Å². The van der Waals surface area contributed by atoms with E-state index < -0.39 is 10.0 Å². The Labute approximate surface area is 154 Å². The topological polar surface area (TPSA) is 84.2 Å². The average molecular weight is 375 g/mol. The van der Waals surface area contributed by atoms with E-state index in [1.807, 2.05) is 45.9 Å². The number of aromatic nitrogens is 1. The number of rotatable bonds is 4. The minimum Gasteiger partial charge on any atom is -0.358 e. The van der Waals surface area contributed by atoms with Gasteiger partial charge in [-0.2, -0.15) is 0 Å². The van der Waals surface area contributed by atoms with Gasteiger partial charge in [0.25, 0.3) is 10.0 Å². The van der Waals surface area contributed by atoms with E-state index in [0.717, 1.165) is 18.5 Å². The van der Waals surface area contributed by atoms with E-state index in [2.05, 4.69) is 15.2 Å². The van der Waals surface area contributed by atoms with E-state index in [1.54, 1.807) is 12.1 Å².